The normalized spacial score (nSPS) is 11.0. The number of guanidine groups is 1. The van der Waals surface area contributed by atoms with E-state index in [4.69, 9.17) is 34.1 Å². The van der Waals surface area contributed by atoms with Crippen molar-refractivity contribution in [2.45, 2.75) is 118 Å². The van der Waals surface area contributed by atoms with Gasteiger partial charge in [-0.2, -0.15) is 0 Å². The second-order valence-electron chi connectivity index (χ2n) is 11.7. The average Bonchev–Trinajstić information content (AvgIpc) is 2.42. The molecule has 8 heteroatoms. The van der Waals surface area contributed by atoms with Crippen molar-refractivity contribution in [1.82, 2.24) is 0 Å². The summed E-state index contributed by atoms with van der Waals surface area (Å²) in [5, 5.41) is 6.92. The number of rotatable bonds is 1. The molecule has 0 aromatic heterocycles. The molecule has 0 heterocycles. The summed E-state index contributed by atoms with van der Waals surface area (Å²) in [5.74, 6) is 1.06. The van der Waals surface area contributed by atoms with E-state index in [9.17, 15) is 0 Å². The van der Waals surface area contributed by atoms with E-state index in [1.807, 2.05) is 48.5 Å². The van der Waals surface area contributed by atoms with Crippen molar-refractivity contribution < 1.29 is 0 Å². The number of hydrogen-bond donors (Lipinski definition) is 6. The summed E-state index contributed by atoms with van der Waals surface area (Å²) in [5.41, 5.74) is 26.3. The maximum atomic E-state index is 6.92. The zero-order valence-corrected chi connectivity index (χ0v) is 22.2. The van der Waals surface area contributed by atoms with E-state index in [1.165, 1.54) is 0 Å². The number of aliphatic imine (C=N–C) groups is 2. The first-order valence-corrected chi connectivity index (χ1v) is 10.3. The molecule has 0 unspecified atom stereocenters. The SMILES string of the molecule is C.C.C.CC(C)(C)C(=N)N.CC(C)(C)CN.CC(C)(C)N=C(N)N.CC(N)=NCC(C)(C)C. The Kier molecular flexibility index (Phi) is 30.5. The van der Waals surface area contributed by atoms with Crippen LogP contribution < -0.4 is 28.7 Å². The van der Waals surface area contributed by atoms with Gasteiger partial charge in [-0.15, -0.1) is 0 Å². The lowest BCUT2D eigenvalue weighted by molar-refractivity contribution is 0.428. The van der Waals surface area contributed by atoms with Crippen molar-refractivity contribution in [3.05, 3.63) is 0 Å². The highest BCUT2D eigenvalue weighted by molar-refractivity contribution is 5.82. The van der Waals surface area contributed by atoms with Crippen LogP contribution in [0, 0.1) is 21.7 Å². The first kappa shape index (κ1) is 48.6. The van der Waals surface area contributed by atoms with Crippen LogP contribution in [0.15, 0.2) is 9.98 Å². The van der Waals surface area contributed by atoms with E-state index in [0.717, 1.165) is 13.1 Å². The Labute approximate surface area is 209 Å². The van der Waals surface area contributed by atoms with E-state index in [-0.39, 0.29) is 50.4 Å². The lowest BCUT2D eigenvalue weighted by Gasteiger charge is -2.14. The second-order valence-corrected chi connectivity index (χ2v) is 11.7. The van der Waals surface area contributed by atoms with Gasteiger partial charge in [0.05, 0.1) is 17.2 Å². The molecule has 0 atom stereocenters. The maximum Gasteiger partial charge on any atom is 0.186 e. The Hall–Kier alpha value is -1.83. The van der Waals surface area contributed by atoms with E-state index in [1.54, 1.807) is 0 Å². The second kappa shape index (κ2) is 20.8. The molecule has 11 N–H and O–H groups in total. The van der Waals surface area contributed by atoms with Gasteiger partial charge in [0.2, 0.25) is 0 Å². The molecule has 0 rings (SSSR count). The van der Waals surface area contributed by atoms with Crippen LogP contribution in [0.5, 0.6) is 0 Å². The van der Waals surface area contributed by atoms with Gasteiger partial charge in [0, 0.05) is 12.0 Å². The van der Waals surface area contributed by atoms with Crippen molar-refractivity contribution in [1.29, 1.82) is 5.41 Å². The summed E-state index contributed by atoms with van der Waals surface area (Å²) in [6, 6.07) is 0. The minimum atomic E-state index is -0.140. The molecule has 0 aromatic rings. The van der Waals surface area contributed by atoms with Gasteiger partial charge in [0.25, 0.3) is 0 Å². The lowest BCUT2D eigenvalue weighted by Crippen LogP contribution is -2.27. The molecule has 0 aliphatic carbocycles. The number of nitrogens with zero attached hydrogens (tertiary/aromatic N) is 2. The van der Waals surface area contributed by atoms with Gasteiger partial charge in [-0.1, -0.05) is 84.6 Å². The Morgan fingerprint density at radius 2 is 0.970 bits per heavy atom. The Morgan fingerprint density at radius 1 is 0.697 bits per heavy atom. The van der Waals surface area contributed by atoms with Crippen molar-refractivity contribution >= 4 is 17.6 Å². The van der Waals surface area contributed by atoms with E-state index in [2.05, 4.69) is 51.5 Å². The predicted molar refractivity (Wildman–Crippen MR) is 157 cm³/mol. The molecule has 0 fully saturated rings. The molecule has 0 bridgehead atoms. The molecule has 0 aliphatic heterocycles. The summed E-state index contributed by atoms with van der Waals surface area (Å²) >= 11 is 0. The summed E-state index contributed by atoms with van der Waals surface area (Å²) in [7, 11) is 0. The van der Waals surface area contributed by atoms with Crippen LogP contribution >= 0.6 is 0 Å². The largest absolute Gasteiger partial charge is 0.388 e. The Morgan fingerprint density at radius 3 is 1.00 bits per heavy atom. The van der Waals surface area contributed by atoms with Gasteiger partial charge < -0.3 is 28.7 Å². The third kappa shape index (κ3) is 72.5. The molecular weight excluding hydrogens is 412 g/mol. The zero-order valence-electron chi connectivity index (χ0n) is 22.2. The van der Waals surface area contributed by atoms with Gasteiger partial charge in [-0.25, -0.2) is 4.99 Å². The summed E-state index contributed by atoms with van der Waals surface area (Å²) in [6.45, 7) is 27.7. The predicted octanol–water partition coefficient (Wildman–Crippen LogP) is 5.34. The molecule has 0 aromatic carbocycles. The van der Waals surface area contributed by atoms with Gasteiger partial charge >= 0.3 is 0 Å². The highest BCUT2D eigenvalue weighted by atomic mass is 15.0. The summed E-state index contributed by atoms with van der Waals surface area (Å²) in [6.07, 6.45) is 0. The molecule has 0 saturated heterocycles. The quantitative estimate of drug-likeness (QED) is 0.219. The van der Waals surface area contributed by atoms with Crippen LogP contribution in [0.1, 0.15) is 112 Å². The molecular formula is C25H66N8. The van der Waals surface area contributed by atoms with Crippen LogP contribution in [0.3, 0.4) is 0 Å². The number of hydrogen-bond acceptors (Lipinski definition) is 4. The van der Waals surface area contributed by atoms with E-state index in [0.29, 0.717) is 11.3 Å². The highest BCUT2D eigenvalue weighted by Crippen LogP contribution is 2.12. The fourth-order valence-corrected chi connectivity index (χ4v) is 0.749. The third-order valence-corrected chi connectivity index (χ3v) is 2.69. The van der Waals surface area contributed by atoms with Crippen molar-refractivity contribution in [3.8, 4) is 0 Å². The Bertz CT molecular complexity index is 500. The lowest BCUT2D eigenvalue weighted by atomic mass is 9.96. The number of nitrogens with one attached hydrogen (secondary N) is 1. The average molecular weight is 479 g/mol. The number of nitrogens with two attached hydrogens (primary N) is 5. The molecule has 0 amide bonds. The zero-order chi connectivity index (χ0) is 25.6. The van der Waals surface area contributed by atoms with Gasteiger partial charge in [0.15, 0.2) is 5.96 Å². The maximum absolute atomic E-state index is 6.92. The Balaban J connectivity index is -0.0000000535. The minimum Gasteiger partial charge on any atom is -0.388 e. The van der Waals surface area contributed by atoms with Crippen LogP contribution in [0.2, 0.25) is 0 Å². The van der Waals surface area contributed by atoms with E-state index >= 15 is 0 Å². The van der Waals surface area contributed by atoms with Crippen molar-refractivity contribution in [2.75, 3.05) is 13.1 Å². The van der Waals surface area contributed by atoms with Gasteiger partial charge in [-0.05, 0) is 45.1 Å². The summed E-state index contributed by atoms with van der Waals surface area (Å²) in [4.78, 5) is 7.97. The fourth-order valence-electron chi connectivity index (χ4n) is 0.749. The van der Waals surface area contributed by atoms with Crippen LogP contribution in [-0.4, -0.2) is 36.3 Å². The van der Waals surface area contributed by atoms with Crippen LogP contribution in [0.4, 0.5) is 0 Å². The van der Waals surface area contributed by atoms with Crippen molar-refractivity contribution in [2.24, 2.45) is 54.9 Å². The highest BCUT2D eigenvalue weighted by Gasteiger charge is 2.12. The van der Waals surface area contributed by atoms with Gasteiger partial charge in [0.1, 0.15) is 0 Å². The molecule has 8 nitrogen and oxygen atoms in total. The third-order valence-electron chi connectivity index (χ3n) is 2.69. The molecule has 206 valence electrons. The van der Waals surface area contributed by atoms with Crippen LogP contribution in [0.25, 0.3) is 0 Å². The molecule has 0 saturated carbocycles. The van der Waals surface area contributed by atoms with Crippen molar-refractivity contribution in [3.63, 3.8) is 0 Å². The fraction of sp³-hybridized carbons (Fsp3) is 0.880. The standard InChI is InChI=1S/C7H16N2.C5H13N3.C5H12N2.C5H13N.3CH4/c1-6(8)9-5-7(2,3)4;1-5(2,3)8-4(6)7;1-5(2,3)4(6)7;1-5(2,3)4-6;;;/h5H2,1-4H3,(H2,8,9);1-3H3,(H4,6,7,8);1-3H3,(H3,6,7);4,6H2,1-3H3;3*1H4. The molecule has 0 aliphatic rings. The molecule has 0 radical (unpaired) electrons. The smallest absolute Gasteiger partial charge is 0.186 e. The summed E-state index contributed by atoms with van der Waals surface area (Å²) < 4.78 is 0. The minimum absolute atomic E-state index is 0. The van der Waals surface area contributed by atoms with E-state index < -0.39 is 0 Å². The molecule has 33 heavy (non-hydrogen) atoms. The van der Waals surface area contributed by atoms with Crippen LogP contribution in [-0.2, 0) is 0 Å². The first-order chi connectivity index (χ1) is 12.8. The number of amidine groups is 2. The first-order valence-electron chi connectivity index (χ1n) is 10.3. The molecule has 0 spiro atoms. The topological polar surface area (TPSA) is 179 Å². The van der Waals surface area contributed by atoms with Gasteiger partial charge in [-0.3, -0.25) is 10.4 Å². The monoisotopic (exact) mass is 479 g/mol.